The average Bonchev–Trinajstić information content (AvgIpc) is 4.12. The van der Waals surface area contributed by atoms with Gasteiger partial charge in [0.2, 0.25) is 11.8 Å². The van der Waals surface area contributed by atoms with Gasteiger partial charge in [0.1, 0.15) is 11.0 Å². The number of hydrogen-bond acceptors (Lipinski definition) is 5. The highest BCUT2D eigenvalue weighted by atomic mass is 32.1. The van der Waals surface area contributed by atoms with Gasteiger partial charge in [-0.1, -0.05) is 111 Å². The topological polar surface area (TPSA) is 52.1 Å². The Balaban J connectivity index is 0.885. The summed E-state index contributed by atoms with van der Waals surface area (Å²) in [4.78, 5) is 9.49. The molecule has 13 rings (SSSR count). The first-order chi connectivity index (χ1) is 31.4. The summed E-state index contributed by atoms with van der Waals surface area (Å²) in [7, 11) is 0. The van der Waals surface area contributed by atoms with Gasteiger partial charge in [-0.05, 0) is 164 Å². The van der Waals surface area contributed by atoms with E-state index < -0.39 is 0 Å². The summed E-state index contributed by atoms with van der Waals surface area (Å²) in [6.07, 6.45) is 0. The molecule has 9 aromatic carbocycles. The summed E-state index contributed by atoms with van der Waals surface area (Å²) in [6, 6.07) is 69.5. The van der Waals surface area contributed by atoms with Crippen LogP contribution in [0.4, 0.5) is 0 Å². The summed E-state index contributed by atoms with van der Waals surface area (Å²) < 4.78 is 14.9. The molecule has 0 aliphatic heterocycles. The zero-order chi connectivity index (χ0) is 42.5. The van der Waals surface area contributed by atoms with Crippen LogP contribution in [0.15, 0.2) is 203 Å². The van der Waals surface area contributed by atoms with Gasteiger partial charge >= 0.3 is 0 Å². The van der Waals surface area contributed by atoms with Crippen molar-refractivity contribution in [3.8, 4) is 78.5 Å². The monoisotopic (exact) mass is 838 g/mol. The molecule has 0 bridgehead atoms. The maximum Gasteiger partial charge on any atom is 0.227 e. The second-order valence-electron chi connectivity index (χ2n) is 17.4. The molecular formula is C59H38N2O2S. The first-order valence-electron chi connectivity index (χ1n) is 21.7. The van der Waals surface area contributed by atoms with Gasteiger partial charge in [-0.15, -0.1) is 11.3 Å². The van der Waals surface area contributed by atoms with E-state index in [1.807, 2.05) is 59.9 Å². The van der Waals surface area contributed by atoms with Crippen molar-refractivity contribution in [3.05, 3.63) is 205 Å². The van der Waals surface area contributed by atoms with Gasteiger partial charge in [0.25, 0.3) is 0 Å². The minimum absolute atomic E-state index is 0.134. The van der Waals surface area contributed by atoms with Crippen LogP contribution in [0.2, 0.25) is 0 Å². The second-order valence-corrected chi connectivity index (χ2v) is 18.5. The van der Waals surface area contributed by atoms with E-state index in [0.29, 0.717) is 11.8 Å². The number of aromatic nitrogens is 2. The Bertz CT molecular complexity index is 3610. The van der Waals surface area contributed by atoms with Crippen molar-refractivity contribution in [1.82, 2.24) is 9.97 Å². The van der Waals surface area contributed by atoms with Gasteiger partial charge in [-0.25, -0.2) is 9.97 Å². The van der Waals surface area contributed by atoms with Crippen LogP contribution in [-0.2, 0) is 5.41 Å². The molecule has 0 saturated carbocycles. The van der Waals surface area contributed by atoms with Crippen LogP contribution in [0.5, 0.6) is 0 Å². The number of nitrogens with zero attached hydrogens (tertiary/aromatic N) is 2. The fourth-order valence-electron chi connectivity index (χ4n) is 9.74. The van der Waals surface area contributed by atoms with Crippen LogP contribution >= 0.6 is 11.3 Å². The highest BCUT2D eigenvalue weighted by Gasteiger charge is 2.36. The molecule has 0 amide bonds. The molecule has 64 heavy (non-hydrogen) atoms. The molecule has 1 aliphatic rings. The first kappa shape index (κ1) is 36.8. The van der Waals surface area contributed by atoms with Crippen LogP contribution in [0.3, 0.4) is 0 Å². The van der Waals surface area contributed by atoms with E-state index in [9.17, 15) is 0 Å². The Morgan fingerprint density at radius 1 is 0.359 bits per heavy atom. The van der Waals surface area contributed by atoms with Crippen molar-refractivity contribution >= 4 is 53.7 Å². The molecule has 3 heterocycles. The summed E-state index contributed by atoms with van der Waals surface area (Å²) in [6.45, 7) is 4.76. The zero-order valence-electron chi connectivity index (χ0n) is 35.1. The quantitative estimate of drug-likeness (QED) is 0.167. The molecule has 5 heteroatoms. The molecular weight excluding hydrogens is 801 g/mol. The van der Waals surface area contributed by atoms with E-state index >= 15 is 0 Å². The largest absolute Gasteiger partial charge is 0.436 e. The Kier molecular flexibility index (Phi) is 8.09. The molecule has 3 aromatic heterocycles. The van der Waals surface area contributed by atoms with E-state index in [0.717, 1.165) is 66.7 Å². The van der Waals surface area contributed by atoms with Crippen molar-refractivity contribution in [2.75, 3.05) is 0 Å². The molecule has 0 spiro atoms. The second kappa shape index (κ2) is 14.1. The molecule has 1 aliphatic carbocycles. The summed E-state index contributed by atoms with van der Waals surface area (Å²) >= 11 is 1.89. The first-order valence-corrected chi connectivity index (χ1v) is 22.5. The maximum atomic E-state index is 6.12. The predicted molar refractivity (Wildman–Crippen MR) is 265 cm³/mol. The number of fused-ring (bicyclic) bond motifs is 8. The van der Waals surface area contributed by atoms with Crippen LogP contribution in [0.25, 0.3) is 121 Å². The lowest BCUT2D eigenvalue weighted by atomic mass is 9.81. The SMILES string of the molecule is CC1(C)c2cc(-c3cccc(-c4cc(-c5ccc(-c6nc7ccccc7o6)cc5)cc(-c5ccc(-c6nc7ccccc7o6)cc5)c4)c3)ccc2-c2cc3sc4ccccc4c3cc21. The van der Waals surface area contributed by atoms with Crippen molar-refractivity contribution in [3.63, 3.8) is 0 Å². The Morgan fingerprint density at radius 2 is 0.844 bits per heavy atom. The van der Waals surface area contributed by atoms with Crippen LogP contribution in [0.1, 0.15) is 25.0 Å². The fraction of sp³-hybridized carbons (Fsp3) is 0.0508. The maximum absolute atomic E-state index is 6.12. The molecule has 0 radical (unpaired) electrons. The number of rotatable bonds is 6. The Hall–Kier alpha value is -7.86. The Labute approximate surface area is 373 Å². The van der Waals surface area contributed by atoms with Crippen molar-refractivity contribution in [2.24, 2.45) is 0 Å². The number of oxazole rings is 2. The molecule has 4 nitrogen and oxygen atoms in total. The summed E-state index contributed by atoms with van der Waals surface area (Å²) in [5, 5.41) is 2.70. The highest BCUT2D eigenvalue weighted by Crippen LogP contribution is 2.52. The lowest BCUT2D eigenvalue weighted by Crippen LogP contribution is -2.15. The van der Waals surface area contributed by atoms with Gasteiger partial charge < -0.3 is 8.83 Å². The molecule has 0 N–H and O–H groups in total. The van der Waals surface area contributed by atoms with Crippen LogP contribution in [-0.4, -0.2) is 9.97 Å². The molecule has 12 aromatic rings. The summed E-state index contributed by atoms with van der Waals surface area (Å²) in [5.41, 5.74) is 19.6. The van der Waals surface area contributed by atoms with E-state index in [1.54, 1.807) is 0 Å². The van der Waals surface area contributed by atoms with Gasteiger partial charge in [-0.2, -0.15) is 0 Å². The highest BCUT2D eigenvalue weighted by molar-refractivity contribution is 7.25. The third kappa shape index (κ3) is 5.96. The standard InChI is InChI=1S/C59H38N2O2S/c1-59(2)49-32-41(26-27-45(49)47-34-56-48(33-50(47)59)46-12-3-8-17-55(46)64-56)39-10-9-11-40(28-39)44-30-42(35-18-22-37(23-19-35)57-60-51-13-4-6-15-53(51)62-57)29-43(31-44)36-20-24-38(25-21-36)58-61-52-14-5-7-16-54(52)63-58/h3-34H,1-2H3. The molecule has 0 unspecified atom stereocenters. The molecule has 0 saturated heterocycles. The van der Waals surface area contributed by atoms with Gasteiger partial charge in [0, 0.05) is 36.7 Å². The molecule has 302 valence electrons. The minimum Gasteiger partial charge on any atom is -0.436 e. The lowest BCUT2D eigenvalue weighted by Gasteiger charge is -2.22. The third-order valence-corrected chi connectivity index (χ3v) is 14.3. The summed E-state index contributed by atoms with van der Waals surface area (Å²) in [5.74, 6) is 1.23. The van der Waals surface area contributed by atoms with E-state index in [1.165, 1.54) is 53.6 Å². The van der Waals surface area contributed by atoms with Gasteiger partial charge in [-0.3, -0.25) is 0 Å². The van der Waals surface area contributed by atoms with Crippen molar-refractivity contribution in [1.29, 1.82) is 0 Å². The van der Waals surface area contributed by atoms with Gasteiger partial charge in [0.05, 0.1) is 0 Å². The fourth-order valence-corrected chi connectivity index (χ4v) is 10.9. The molecule has 0 atom stereocenters. The minimum atomic E-state index is -0.134. The van der Waals surface area contributed by atoms with E-state index in [2.05, 4.69) is 159 Å². The number of benzene rings is 9. The predicted octanol–water partition coefficient (Wildman–Crippen LogP) is 16.6. The van der Waals surface area contributed by atoms with E-state index in [-0.39, 0.29) is 5.41 Å². The van der Waals surface area contributed by atoms with Crippen LogP contribution < -0.4 is 0 Å². The van der Waals surface area contributed by atoms with Crippen LogP contribution in [0, 0.1) is 0 Å². The normalized spacial score (nSPS) is 13.0. The van der Waals surface area contributed by atoms with Crippen molar-refractivity contribution < 1.29 is 8.83 Å². The number of hydrogen-bond donors (Lipinski definition) is 0. The average molecular weight is 839 g/mol. The zero-order valence-corrected chi connectivity index (χ0v) is 35.9. The number of para-hydroxylation sites is 4. The third-order valence-electron chi connectivity index (χ3n) is 13.2. The molecule has 0 fully saturated rings. The van der Waals surface area contributed by atoms with Crippen molar-refractivity contribution in [2.45, 2.75) is 19.3 Å². The smallest absolute Gasteiger partial charge is 0.227 e. The number of thiophene rings is 1. The Morgan fingerprint density at radius 3 is 1.47 bits per heavy atom. The van der Waals surface area contributed by atoms with E-state index in [4.69, 9.17) is 18.8 Å². The van der Waals surface area contributed by atoms with Gasteiger partial charge in [0.15, 0.2) is 11.2 Å². The lowest BCUT2D eigenvalue weighted by molar-refractivity contribution is 0.619.